The van der Waals surface area contributed by atoms with Gasteiger partial charge in [-0.1, -0.05) is 6.92 Å². The van der Waals surface area contributed by atoms with E-state index in [4.69, 9.17) is 0 Å². The fraction of sp³-hybridized carbons (Fsp3) is 0.833. The largest absolute Gasteiger partial charge is 0.356 e. The van der Waals surface area contributed by atoms with Gasteiger partial charge in [-0.15, -0.1) is 0 Å². The Bertz CT molecular complexity index is 246. The van der Waals surface area contributed by atoms with Crippen LogP contribution in [0.4, 0.5) is 0 Å². The molecule has 0 aromatic carbocycles. The van der Waals surface area contributed by atoms with Crippen molar-refractivity contribution in [1.29, 1.82) is 0 Å². The molecule has 0 aromatic rings. The number of nitrogens with one attached hydrogen (secondary N) is 3. The van der Waals surface area contributed by atoms with Crippen LogP contribution in [0, 0.1) is 0 Å². The van der Waals surface area contributed by atoms with Crippen LogP contribution in [-0.4, -0.2) is 50.6 Å². The summed E-state index contributed by atoms with van der Waals surface area (Å²) in [6.45, 7) is 3.91. The van der Waals surface area contributed by atoms with Crippen molar-refractivity contribution >= 4 is 23.6 Å². The van der Waals surface area contributed by atoms with Crippen LogP contribution < -0.4 is 16.0 Å². The van der Waals surface area contributed by atoms with E-state index in [1.54, 1.807) is 7.05 Å². The standard InChI is InChI=1S/C12H26N4OS/c1-4-7-14-11(17)10-16-12(13-2)15-8-5-6-9-18-3/h4-10H2,1-3H3,(H,14,17)(H2,13,15,16). The third-order valence-corrected chi connectivity index (χ3v) is 2.98. The molecule has 0 heterocycles. The molecular weight excluding hydrogens is 248 g/mol. The smallest absolute Gasteiger partial charge is 0.239 e. The van der Waals surface area contributed by atoms with Gasteiger partial charge in [-0.05, 0) is 31.3 Å². The average Bonchev–Trinajstić information content (AvgIpc) is 2.39. The maximum Gasteiger partial charge on any atom is 0.239 e. The van der Waals surface area contributed by atoms with Crippen LogP contribution in [0.5, 0.6) is 0 Å². The molecule has 0 fully saturated rings. The van der Waals surface area contributed by atoms with E-state index >= 15 is 0 Å². The van der Waals surface area contributed by atoms with Crippen LogP contribution in [0.3, 0.4) is 0 Å². The van der Waals surface area contributed by atoms with Gasteiger partial charge in [-0.2, -0.15) is 11.8 Å². The zero-order chi connectivity index (χ0) is 13.6. The van der Waals surface area contributed by atoms with Crippen LogP contribution in [-0.2, 0) is 4.79 Å². The highest BCUT2D eigenvalue weighted by atomic mass is 32.2. The molecule has 0 spiro atoms. The van der Waals surface area contributed by atoms with Crippen LogP contribution in [0.1, 0.15) is 26.2 Å². The van der Waals surface area contributed by atoms with Crippen molar-refractivity contribution in [2.45, 2.75) is 26.2 Å². The Morgan fingerprint density at radius 2 is 1.94 bits per heavy atom. The first kappa shape index (κ1) is 17.1. The highest BCUT2D eigenvalue weighted by Gasteiger charge is 2.01. The van der Waals surface area contributed by atoms with Crippen molar-refractivity contribution < 1.29 is 4.79 Å². The number of thioether (sulfide) groups is 1. The lowest BCUT2D eigenvalue weighted by molar-refractivity contribution is -0.120. The maximum atomic E-state index is 11.4. The Morgan fingerprint density at radius 3 is 2.56 bits per heavy atom. The van der Waals surface area contributed by atoms with Gasteiger partial charge in [0.25, 0.3) is 0 Å². The number of carbonyl (C=O) groups is 1. The summed E-state index contributed by atoms with van der Waals surface area (Å²) in [4.78, 5) is 15.4. The first-order valence-corrected chi connectivity index (χ1v) is 7.84. The molecule has 5 nitrogen and oxygen atoms in total. The number of aliphatic imine (C=N–C) groups is 1. The van der Waals surface area contributed by atoms with E-state index in [2.05, 4.69) is 27.2 Å². The number of hydrogen-bond acceptors (Lipinski definition) is 3. The minimum absolute atomic E-state index is 0.00202. The summed E-state index contributed by atoms with van der Waals surface area (Å²) in [5, 5.41) is 8.99. The fourth-order valence-corrected chi connectivity index (χ4v) is 1.78. The zero-order valence-corrected chi connectivity index (χ0v) is 12.5. The molecule has 0 bridgehead atoms. The molecule has 0 unspecified atom stereocenters. The minimum Gasteiger partial charge on any atom is -0.356 e. The highest BCUT2D eigenvalue weighted by molar-refractivity contribution is 7.98. The number of nitrogens with zero attached hydrogens (tertiary/aromatic N) is 1. The number of amides is 1. The third kappa shape index (κ3) is 10.3. The van der Waals surface area contributed by atoms with Crippen LogP contribution in [0.25, 0.3) is 0 Å². The SMILES string of the molecule is CCCNC(=O)CNC(=NC)NCCCCSC. The van der Waals surface area contributed by atoms with Gasteiger partial charge < -0.3 is 16.0 Å². The predicted octanol–water partition coefficient (Wildman–Crippen LogP) is 0.821. The first-order valence-electron chi connectivity index (χ1n) is 6.44. The van der Waals surface area contributed by atoms with E-state index in [9.17, 15) is 4.79 Å². The molecule has 18 heavy (non-hydrogen) atoms. The Kier molecular flexibility index (Phi) is 11.9. The topological polar surface area (TPSA) is 65.5 Å². The Morgan fingerprint density at radius 1 is 1.17 bits per heavy atom. The molecule has 0 aliphatic carbocycles. The minimum atomic E-state index is 0.00202. The Balaban J connectivity index is 3.61. The predicted molar refractivity (Wildman–Crippen MR) is 80.3 cm³/mol. The second-order valence-corrected chi connectivity index (χ2v) is 4.89. The number of hydrogen-bond donors (Lipinski definition) is 3. The molecule has 3 N–H and O–H groups in total. The quantitative estimate of drug-likeness (QED) is 0.331. The van der Waals surface area contributed by atoms with E-state index in [0.717, 1.165) is 25.9 Å². The van der Waals surface area contributed by atoms with Gasteiger partial charge in [0.1, 0.15) is 0 Å². The summed E-state index contributed by atoms with van der Waals surface area (Å²) in [6.07, 6.45) is 5.38. The maximum absolute atomic E-state index is 11.4. The molecule has 0 rings (SSSR count). The summed E-state index contributed by atoms with van der Waals surface area (Å²) in [6, 6.07) is 0. The Hall–Kier alpha value is -0.910. The number of unbranched alkanes of at least 4 members (excludes halogenated alkanes) is 1. The molecule has 0 saturated heterocycles. The van der Waals surface area contributed by atoms with Crippen LogP contribution >= 0.6 is 11.8 Å². The van der Waals surface area contributed by atoms with E-state index in [1.807, 2.05) is 18.7 Å². The molecule has 6 heteroatoms. The van der Waals surface area contributed by atoms with Crippen molar-refractivity contribution in [3.05, 3.63) is 0 Å². The summed E-state index contributed by atoms with van der Waals surface area (Å²) in [5.74, 6) is 1.88. The molecule has 1 amide bonds. The average molecular weight is 274 g/mol. The van der Waals surface area contributed by atoms with Gasteiger partial charge >= 0.3 is 0 Å². The van der Waals surface area contributed by atoms with E-state index in [0.29, 0.717) is 5.96 Å². The highest BCUT2D eigenvalue weighted by Crippen LogP contribution is 1.97. The first-order chi connectivity index (χ1) is 8.74. The normalized spacial score (nSPS) is 11.2. The van der Waals surface area contributed by atoms with Crippen LogP contribution in [0.2, 0.25) is 0 Å². The van der Waals surface area contributed by atoms with Gasteiger partial charge in [0.05, 0.1) is 6.54 Å². The summed E-state index contributed by atoms with van der Waals surface area (Å²) >= 11 is 1.86. The molecule has 0 aromatic heterocycles. The van der Waals surface area contributed by atoms with Crippen LogP contribution in [0.15, 0.2) is 4.99 Å². The van der Waals surface area contributed by atoms with Gasteiger partial charge in [-0.25, -0.2) is 0 Å². The number of rotatable bonds is 9. The second-order valence-electron chi connectivity index (χ2n) is 3.90. The van der Waals surface area contributed by atoms with E-state index < -0.39 is 0 Å². The van der Waals surface area contributed by atoms with Gasteiger partial charge in [0, 0.05) is 20.1 Å². The van der Waals surface area contributed by atoms with Gasteiger partial charge in [0.15, 0.2) is 5.96 Å². The molecule has 0 atom stereocenters. The van der Waals surface area contributed by atoms with E-state index in [1.165, 1.54) is 12.2 Å². The summed E-state index contributed by atoms with van der Waals surface area (Å²) < 4.78 is 0. The summed E-state index contributed by atoms with van der Waals surface area (Å²) in [7, 11) is 1.71. The molecule has 0 radical (unpaired) electrons. The number of carbonyl (C=O) groups excluding carboxylic acids is 1. The molecule has 106 valence electrons. The molecule has 0 aliphatic rings. The third-order valence-electron chi connectivity index (χ3n) is 2.28. The summed E-state index contributed by atoms with van der Waals surface area (Å²) in [5.41, 5.74) is 0. The fourth-order valence-electron chi connectivity index (χ4n) is 1.29. The molecule has 0 aliphatic heterocycles. The monoisotopic (exact) mass is 274 g/mol. The lowest BCUT2D eigenvalue weighted by Gasteiger charge is -2.11. The van der Waals surface area contributed by atoms with Crippen molar-refractivity contribution in [2.75, 3.05) is 38.7 Å². The van der Waals surface area contributed by atoms with Crippen molar-refractivity contribution in [3.8, 4) is 0 Å². The number of guanidine groups is 1. The zero-order valence-electron chi connectivity index (χ0n) is 11.7. The molecular formula is C12H26N4OS. The van der Waals surface area contributed by atoms with Gasteiger partial charge in [0.2, 0.25) is 5.91 Å². The molecule has 0 saturated carbocycles. The second kappa shape index (κ2) is 12.5. The lowest BCUT2D eigenvalue weighted by atomic mass is 10.3. The van der Waals surface area contributed by atoms with Gasteiger partial charge in [-0.3, -0.25) is 9.79 Å². The van der Waals surface area contributed by atoms with E-state index in [-0.39, 0.29) is 12.5 Å². The van der Waals surface area contributed by atoms with Crippen molar-refractivity contribution in [2.24, 2.45) is 4.99 Å². The lowest BCUT2D eigenvalue weighted by Crippen LogP contribution is -2.43. The van der Waals surface area contributed by atoms with Crippen molar-refractivity contribution in [1.82, 2.24) is 16.0 Å². The Labute approximate surface area is 115 Å². The van der Waals surface area contributed by atoms with Crippen molar-refractivity contribution in [3.63, 3.8) is 0 Å².